The zero-order valence-corrected chi connectivity index (χ0v) is 14.6. The van der Waals surface area contributed by atoms with Gasteiger partial charge in [0.1, 0.15) is 9.88 Å². The maximum absolute atomic E-state index is 12.8. The maximum Gasteiger partial charge on any atom is 0.264 e. The third kappa shape index (κ3) is 2.94. The monoisotopic (exact) mass is 335 g/mol. The molecule has 1 saturated carbocycles. The second kappa shape index (κ2) is 6.46. The molecule has 1 aliphatic carbocycles. The lowest BCUT2D eigenvalue weighted by atomic mass is 9.98. The van der Waals surface area contributed by atoms with Crippen molar-refractivity contribution in [1.29, 1.82) is 0 Å². The third-order valence-electron chi connectivity index (χ3n) is 4.54. The molecule has 1 aliphatic rings. The number of nitrogens with zero attached hydrogens (tertiary/aromatic N) is 2. The zero-order chi connectivity index (χ0) is 15.6. The van der Waals surface area contributed by atoms with Gasteiger partial charge in [0.2, 0.25) is 0 Å². The molecule has 2 aromatic rings. The first-order chi connectivity index (χ1) is 10.6. The van der Waals surface area contributed by atoms with Crippen LogP contribution in [0.5, 0.6) is 0 Å². The first kappa shape index (κ1) is 15.6. The van der Waals surface area contributed by atoms with E-state index in [0.717, 1.165) is 34.8 Å². The van der Waals surface area contributed by atoms with Gasteiger partial charge < -0.3 is 5.32 Å². The van der Waals surface area contributed by atoms with E-state index in [4.69, 9.17) is 0 Å². The summed E-state index contributed by atoms with van der Waals surface area (Å²) in [6, 6.07) is 0. The molecule has 0 aliphatic heterocycles. The number of carbonyl (C=O) groups is 1. The second-order valence-corrected chi connectivity index (χ2v) is 7.77. The Kier molecular flexibility index (Phi) is 4.59. The highest BCUT2D eigenvalue weighted by Crippen LogP contribution is 2.36. The maximum atomic E-state index is 12.8. The Balaban J connectivity index is 1.81. The third-order valence-corrected chi connectivity index (χ3v) is 6.42. The highest BCUT2D eigenvalue weighted by molar-refractivity contribution is 7.12. The van der Waals surface area contributed by atoms with Gasteiger partial charge in [-0.25, -0.2) is 9.97 Å². The summed E-state index contributed by atoms with van der Waals surface area (Å²) in [5.41, 5.74) is 2.38. The van der Waals surface area contributed by atoms with Crippen LogP contribution in [0, 0.1) is 0 Å². The molecule has 22 heavy (non-hydrogen) atoms. The molecule has 1 fully saturated rings. The molecule has 3 rings (SSSR count). The van der Waals surface area contributed by atoms with Crippen LogP contribution in [0.25, 0.3) is 0 Å². The van der Waals surface area contributed by atoms with Crippen LogP contribution in [0.1, 0.15) is 72.2 Å². The molecule has 1 unspecified atom stereocenters. The van der Waals surface area contributed by atoms with Crippen LogP contribution in [0.3, 0.4) is 0 Å². The molecule has 0 spiro atoms. The van der Waals surface area contributed by atoms with Gasteiger partial charge in [0.15, 0.2) is 0 Å². The lowest BCUT2D eigenvalue weighted by Gasteiger charge is -2.27. The molecule has 0 radical (unpaired) electrons. The van der Waals surface area contributed by atoms with Crippen molar-refractivity contribution in [2.75, 3.05) is 0 Å². The van der Waals surface area contributed by atoms with Gasteiger partial charge in [-0.05, 0) is 26.2 Å². The molecule has 2 heterocycles. The summed E-state index contributed by atoms with van der Waals surface area (Å²) in [5.74, 6) is 0.448. The quantitative estimate of drug-likeness (QED) is 0.885. The predicted molar refractivity (Wildman–Crippen MR) is 90.5 cm³/mol. The van der Waals surface area contributed by atoms with E-state index in [1.807, 2.05) is 12.3 Å². The fraction of sp³-hybridized carbons (Fsp3) is 0.562. The molecular formula is C16H21N3OS2. The first-order valence-corrected chi connectivity index (χ1v) is 9.56. The van der Waals surface area contributed by atoms with E-state index in [-0.39, 0.29) is 5.91 Å². The predicted octanol–water partition coefficient (Wildman–Crippen LogP) is 4.31. The van der Waals surface area contributed by atoms with Crippen molar-refractivity contribution in [3.05, 3.63) is 32.7 Å². The van der Waals surface area contributed by atoms with Crippen LogP contribution in [0.2, 0.25) is 0 Å². The number of nitrogens with one attached hydrogen (secondary N) is 1. The minimum atomic E-state index is -0.414. The number of hydrogen-bond donors (Lipinski definition) is 1. The molecule has 2 aromatic heterocycles. The smallest absolute Gasteiger partial charge is 0.264 e. The average Bonchev–Trinajstić information content (AvgIpc) is 3.27. The molecule has 6 heteroatoms. The number of aromatic nitrogens is 2. The summed E-state index contributed by atoms with van der Waals surface area (Å²) >= 11 is 3.04. The van der Waals surface area contributed by atoms with Gasteiger partial charge in [0.25, 0.3) is 5.91 Å². The zero-order valence-electron chi connectivity index (χ0n) is 13.0. The molecule has 0 bridgehead atoms. The molecule has 118 valence electrons. The highest BCUT2D eigenvalue weighted by Gasteiger charge is 2.32. The van der Waals surface area contributed by atoms with E-state index >= 15 is 0 Å². The fourth-order valence-corrected chi connectivity index (χ4v) is 4.61. The second-order valence-electron chi connectivity index (χ2n) is 6.03. The molecule has 1 atom stereocenters. The number of amides is 1. The van der Waals surface area contributed by atoms with Crippen molar-refractivity contribution in [2.45, 2.75) is 57.4 Å². The number of carbonyl (C=O) groups excluding carboxylic acids is 1. The minimum Gasteiger partial charge on any atom is -0.340 e. The van der Waals surface area contributed by atoms with Crippen LogP contribution < -0.4 is 5.32 Å². The Morgan fingerprint density at radius 2 is 2.14 bits per heavy atom. The molecule has 1 amide bonds. The SMILES string of the molecule is CCC(C)(NC(=O)c1scnc1C1CCCC1)c1nccs1. The number of thiazole rings is 2. The Hall–Kier alpha value is -1.27. The van der Waals surface area contributed by atoms with E-state index in [1.165, 1.54) is 24.2 Å². The Morgan fingerprint density at radius 3 is 2.77 bits per heavy atom. The number of rotatable bonds is 5. The summed E-state index contributed by atoms with van der Waals surface area (Å²) in [6.07, 6.45) is 7.40. The molecule has 4 nitrogen and oxygen atoms in total. The summed E-state index contributed by atoms with van der Waals surface area (Å²) in [5, 5.41) is 6.10. The molecule has 0 aromatic carbocycles. The molecule has 0 saturated heterocycles. The Morgan fingerprint density at radius 1 is 1.36 bits per heavy atom. The number of hydrogen-bond acceptors (Lipinski definition) is 5. The van der Waals surface area contributed by atoms with Crippen LogP contribution in [0.15, 0.2) is 17.1 Å². The van der Waals surface area contributed by atoms with E-state index in [2.05, 4.69) is 22.2 Å². The van der Waals surface area contributed by atoms with Gasteiger partial charge >= 0.3 is 0 Å². The molecular weight excluding hydrogens is 314 g/mol. The van der Waals surface area contributed by atoms with Crippen LogP contribution in [-0.4, -0.2) is 15.9 Å². The topological polar surface area (TPSA) is 54.9 Å². The van der Waals surface area contributed by atoms with Crippen molar-refractivity contribution in [2.24, 2.45) is 0 Å². The van der Waals surface area contributed by atoms with Crippen LogP contribution >= 0.6 is 22.7 Å². The summed E-state index contributed by atoms with van der Waals surface area (Å²) < 4.78 is 0. The first-order valence-electron chi connectivity index (χ1n) is 7.80. The average molecular weight is 335 g/mol. The van der Waals surface area contributed by atoms with E-state index < -0.39 is 5.54 Å². The van der Waals surface area contributed by atoms with Crippen molar-refractivity contribution in [3.63, 3.8) is 0 Å². The minimum absolute atomic E-state index is 0.0102. The van der Waals surface area contributed by atoms with Gasteiger partial charge in [0, 0.05) is 17.5 Å². The molecule has 1 N–H and O–H groups in total. The van der Waals surface area contributed by atoms with Gasteiger partial charge in [-0.15, -0.1) is 22.7 Å². The van der Waals surface area contributed by atoms with Crippen molar-refractivity contribution >= 4 is 28.6 Å². The lowest BCUT2D eigenvalue weighted by molar-refractivity contribution is 0.0904. The normalized spacial score (nSPS) is 18.3. The van der Waals surface area contributed by atoms with Crippen LogP contribution in [0.4, 0.5) is 0 Å². The van der Waals surface area contributed by atoms with Crippen LogP contribution in [-0.2, 0) is 5.54 Å². The van der Waals surface area contributed by atoms with Gasteiger partial charge in [-0.1, -0.05) is 19.8 Å². The standard InChI is InChI=1S/C16H21N3OS2/c1-3-16(2,15-17-8-9-21-15)19-14(20)13-12(18-10-22-13)11-6-4-5-7-11/h8-11H,3-7H2,1-2H3,(H,19,20). The van der Waals surface area contributed by atoms with Gasteiger partial charge in [-0.2, -0.15) is 0 Å². The van der Waals surface area contributed by atoms with Crippen molar-refractivity contribution in [3.8, 4) is 0 Å². The Labute approximate surface area is 139 Å². The van der Waals surface area contributed by atoms with E-state index in [0.29, 0.717) is 5.92 Å². The van der Waals surface area contributed by atoms with Crippen molar-refractivity contribution < 1.29 is 4.79 Å². The lowest BCUT2D eigenvalue weighted by Crippen LogP contribution is -2.43. The largest absolute Gasteiger partial charge is 0.340 e. The summed E-state index contributed by atoms with van der Waals surface area (Å²) in [6.45, 7) is 4.12. The fourth-order valence-electron chi connectivity index (χ4n) is 3.01. The summed E-state index contributed by atoms with van der Waals surface area (Å²) in [4.78, 5) is 22.4. The van der Waals surface area contributed by atoms with E-state index in [1.54, 1.807) is 23.0 Å². The van der Waals surface area contributed by atoms with Gasteiger partial charge in [-0.3, -0.25) is 4.79 Å². The Bertz CT molecular complexity index is 632. The van der Waals surface area contributed by atoms with E-state index in [9.17, 15) is 4.79 Å². The van der Waals surface area contributed by atoms with Gasteiger partial charge in [0.05, 0.1) is 16.7 Å². The summed E-state index contributed by atoms with van der Waals surface area (Å²) in [7, 11) is 0. The van der Waals surface area contributed by atoms with Crippen molar-refractivity contribution in [1.82, 2.24) is 15.3 Å². The highest BCUT2D eigenvalue weighted by atomic mass is 32.1.